The van der Waals surface area contributed by atoms with Gasteiger partial charge in [0, 0.05) is 24.7 Å². The Bertz CT molecular complexity index is 1110. The Balaban J connectivity index is 2.10. The van der Waals surface area contributed by atoms with E-state index in [4.69, 9.17) is 5.73 Å². The van der Waals surface area contributed by atoms with E-state index in [1.54, 1.807) is 0 Å². The van der Waals surface area contributed by atoms with Gasteiger partial charge in [0.05, 0.1) is 5.54 Å². The molecule has 0 aromatic carbocycles. The SMILES string of the molecule is CCCCn1c(N)c(N(CCC(C)C)C(=O)c2cc(C3CC3)n(C(C)(C)C)n2)c(=O)[nH]c1=O. The van der Waals surface area contributed by atoms with Crippen LogP contribution in [0, 0.1) is 5.92 Å². The number of carbonyl (C=O) groups is 1. The van der Waals surface area contributed by atoms with Gasteiger partial charge in [-0.3, -0.25) is 28.7 Å². The van der Waals surface area contributed by atoms with Crippen molar-refractivity contribution in [2.24, 2.45) is 5.92 Å². The van der Waals surface area contributed by atoms with Gasteiger partial charge in [-0.1, -0.05) is 27.2 Å². The van der Waals surface area contributed by atoms with Crippen LogP contribution in [0.25, 0.3) is 0 Å². The van der Waals surface area contributed by atoms with Gasteiger partial charge in [-0.2, -0.15) is 5.10 Å². The van der Waals surface area contributed by atoms with E-state index >= 15 is 0 Å². The average molecular weight is 459 g/mol. The average Bonchev–Trinajstić information content (AvgIpc) is 3.46. The standard InChI is InChI=1S/C24H38N6O3/c1-7-8-12-29-20(25)19(21(31)26-23(29)33)28(13-11-15(2)3)22(32)17-14-18(16-9-10-16)30(27-17)24(4,5)6/h14-16H,7-13,25H2,1-6H3,(H,26,31,33). The third-order valence-corrected chi connectivity index (χ3v) is 5.98. The Morgan fingerprint density at radius 2 is 1.97 bits per heavy atom. The van der Waals surface area contributed by atoms with E-state index in [9.17, 15) is 14.4 Å². The van der Waals surface area contributed by atoms with E-state index < -0.39 is 11.2 Å². The van der Waals surface area contributed by atoms with Gasteiger partial charge in [-0.05, 0) is 58.4 Å². The van der Waals surface area contributed by atoms with Crippen molar-refractivity contribution >= 4 is 17.4 Å². The second-order valence-corrected chi connectivity index (χ2v) is 10.4. The number of aromatic amines is 1. The first kappa shape index (κ1) is 24.8. The minimum atomic E-state index is -0.653. The van der Waals surface area contributed by atoms with Crippen LogP contribution in [0.4, 0.5) is 11.5 Å². The summed E-state index contributed by atoms with van der Waals surface area (Å²) in [6.45, 7) is 13.0. The van der Waals surface area contributed by atoms with Crippen molar-refractivity contribution in [1.29, 1.82) is 0 Å². The molecule has 0 aliphatic heterocycles. The van der Waals surface area contributed by atoms with Crippen molar-refractivity contribution in [2.45, 2.75) is 91.6 Å². The molecule has 2 heterocycles. The van der Waals surface area contributed by atoms with Crippen LogP contribution >= 0.6 is 0 Å². The highest BCUT2D eigenvalue weighted by Gasteiger charge is 2.34. The van der Waals surface area contributed by atoms with E-state index in [-0.39, 0.29) is 23.0 Å². The molecular formula is C24H38N6O3. The number of hydrogen-bond donors (Lipinski definition) is 2. The largest absolute Gasteiger partial charge is 0.383 e. The maximum atomic E-state index is 13.8. The number of hydrogen-bond acceptors (Lipinski definition) is 5. The fraction of sp³-hybridized carbons (Fsp3) is 0.667. The molecule has 33 heavy (non-hydrogen) atoms. The lowest BCUT2D eigenvalue weighted by molar-refractivity contribution is 0.0979. The Labute approximate surface area is 195 Å². The first-order valence-electron chi connectivity index (χ1n) is 12.0. The molecule has 0 saturated heterocycles. The molecule has 9 heteroatoms. The third-order valence-electron chi connectivity index (χ3n) is 5.98. The van der Waals surface area contributed by atoms with Crippen LogP contribution in [0.2, 0.25) is 0 Å². The molecule has 3 rings (SSSR count). The first-order chi connectivity index (χ1) is 15.5. The molecule has 1 saturated carbocycles. The van der Waals surface area contributed by atoms with E-state index in [0.29, 0.717) is 37.0 Å². The predicted molar refractivity (Wildman–Crippen MR) is 131 cm³/mol. The maximum absolute atomic E-state index is 13.8. The highest BCUT2D eigenvalue weighted by atomic mass is 16.2. The summed E-state index contributed by atoms with van der Waals surface area (Å²) in [5.41, 5.74) is 6.21. The van der Waals surface area contributed by atoms with Crippen LogP contribution in [0.15, 0.2) is 15.7 Å². The van der Waals surface area contributed by atoms with E-state index in [1.165, 1.54) is 9.47 Å². The van der Waals surface area contributed by atoms with Crippen LogP contribution in [0.1, 0.15) is 95.7 Å². The highest BCUT2D eigenvalue weighted by molar-refractivity contribution is 6.06. The van der Waals surface area contributed by atoms with Gasteiger partial charge in [-0.25, -0.2) is 4.79 Å². The fourth-order valence-corrected chi connectivity index (χ4v) is 3.92. The number of nitrogens with one attached hydrogen (secondary N) is 1. The highest BCUT2D eigenvalue weighted by Crippen LogP contribution is 2.42. The van der Waals surface area contributed by atoms with E-state index in [1.807, 2.05) is 17.7 Å². The number of nitrogens with two attached hydrogens (primary N) is 1. The molecule has 182 valence electrons. The molecule has 2 aromatic rings. The van der Waals surface area contributed by atoms with Crippen molar-refractivity contribution in [3.05, 3.63) is 38.3 Å². The second-order valence-electron chi connectivity index (χ2n) is 10.4. The number of anilines is 2. The van der Waals surface area contributed by atoms with E-state index in [2.05, 4.69) is 44.7 Å². The maximum Gasteiger partial charge on any atom is 0.330 e. The van der Waals surface area contributed by atoms with Crippen LogP contribution < -0.4 is 21.9 Å². The number of H-pyrrole nitrogens is 1. The summed E-state index contributed by atoms with van der Waals surface area (Å²) in [4.78, 5) is 42.8. The smallest absolute Gasteiger partial charge is 0.330 e. The molecule has 1 aliphatic rings. The van der Waals surface area contributed by atoms with Gasteiger partial charge in [0.2, 0.25) is 0 Å². The van der Waals surface area contributed by atoms with Gasteiger partial charge in [0.1, 0.15) is 5.82 Å². The number of nitrogen functional groups attached to an aromatic ring is 1. The normalized spacial score (nSPS) is 14.2. The molecule has 2 aromatic heterocycles. The topological polar surface area (TPSA) is 119 Å². The number of aromatic nitrogens is 4. The Morgan fingerprint density at radius 3 is 2.52 bits per heavy atom. The molecule has 0 bridgehead atoms. The number of carbonyl (C=O) groups excluding carboxylic acids is 1. The zero-order chi connectivity index (χ0) is 24.5. The van der Waals surface area contributed by atoms with Gasteiger partial charge in [0.15, 0.2) is 11.4 Å². The molecular weight excluding hydrogens is 420 g/mol. The van der Waals surface area contributed by atoms with Crippen molar-refractivity contribution in [1.82, 2.24) is 19.3 Å². The predicted octanol–water partition coefficient (Wildman–Crippen LogP) is 3.44. The quantitative estimate of drug-likeness (QED) is 0.597. The zero-order valence-corrected chi connectivity index (χ0v) is 20.8. The number of unbranched alkanes of at least 4 members (excludes halogenated alkanes) is 1. The molecule has 0 radical (unpaired) electrons. The number of nitrogens with zero attached hydrogens (tertiary/aromatic N) is 4. The van der Waals surface area contributed by atoms with Gasteiger partial charge < -0.3 is 5.73 Å². The lowest BCUT2D eigenvalue weighted by Crippen LogP contribution is -2.42. The van der Waals surface area contributed by atoms with Crippen LogP contribution in [-0.2, 0) is 12.1 Å². The van der Waals surface area contributed by atoms with Crippen molar-refractivity contribution in [3.8, 4) is 0 Å². The summed E-state index contributed by atoms with van der Waals surface area (Å²) in [6, 6.07) is 1.85. The molecule has 9 nitrogen and oxygen atoms in total. The first-order valence-corrected chi connectivity index (χ1v) is 12.0. The summed E-state index contributed by atoms with van der Waals surface area (Å²) in [5.74, 6) is 0.359. The molecule has 0 spiro atoms. The van der Waals surface area contributed by atoms with Gasteiger partial charge in [-0.15, -0.1) is 0 Å². The van der Waals surface area contributed by atoms with Gasteiger partial charge in [0.25, 0.3) is 11.5 Å². The van der Waals surface area contributed by atoms with E-state index in [0.717, 1.165) is 31.4 Å². The second kappa shape index (κ2) is 9.57. The minimum absolute atomic E-state index is 0.0203. The number of rotatable bonds is 9. The Hall–Kier alpha value is -2.84. The van der Waals surface area contributed by atoms with Crippen LogP contribution in [-0.4, -0.2) is 31.8 Å². The summed E-state index contributed by atoms with van der Waals surface area (Å²) in [6.07, 6.45) is 4.44. The molecule has 1 fully saturated rings. The third kappa shape index (κ3) is 5.39. The lowest BCUT2D eigenvalue weighted by Gasteiger charge is -2.25. The van der Waals surface area contributed by atoms with Crippen LogP contribution in [0.3, 0.4) is 0 Å². The summed E-state index contributed by atoms with van der Waals surface area (Å²) in [5, 5.41) is 4.67. The summed E-state index contributed by atoms with van der Waals surface area (Å²) >= 11 is 0. The summed E-state index contributed by atoms with van der Waals surface area (Å²) < 4.78 is 3.27. The molecule has 0 atom stereocenters. The zero-order valence-electron chi connectivity index (χ0n) is 20.8. The minimum Gasteiger partial charge on any atom is -0.383 e. The fourth-order valence-electron chi connectivity index (χ4n) is 3.92. The number of amides is 1. The Kier molecular flexibility index (Phi) is 7.19. The van der Waals surface area contributed by atoms with Gasteiger partial charge >= 0.3 is 5.69 Å². The Morgan fingerprint density at radius 1 is 1.30 bits per heavy atom. The monoisotopic (exact) mass is 458 g/mol. The summed E-state index contributed by atoms with van der Waals surface area (Å²) in [7, 11) is 0. The van der Waals surface area contributed by atoms with Crippen molar-refractivity contribution in [3.63, 3.8) is 0 Å². The van der Waals surface area contributed by atoms with Crippen LogP contribution in [0.5, 0.6) is 0 Å². The van der Waals surface area contributed by atoms with Crippen molar-refractivity contribution < 1.29 is 4.79 Å². The molecule has 3 N–H and O–H groups in total. The van der Waals surface area contributed by atoms with Crippen molar-refractivity contribution in [2.75, 3.05) is 17.2 Å². The lowest BCUT2D eigenvalue weighted by atomic mass is 10.1. The molecule has 1 amide bonds. The molecule has 0 unspecified atom stereocenters. The molecule has 1 aliphatic carbocycles.